The molecular formula is C21H41N5O3. The van der Waals surface area contributed by atoms with Crippen molar-refractivity contribution >= 4 is 11.9 Å². The van der Waals surface area contributed by atoms with Crippen molar-refractivity contribution in [2.45, 2.75) is 96.0 Å². The number of carboxylic acid groups (broad SMARTS) is 1. The van der Waals surface area contributed by atoms with Crippen LogP contribution in [0.3, 0.4) is 0 Å². The van der Waals surface area contributed by atoms with Gasteiger partial charge in [0.25, 0.3) is 0 Å². The van der Waals surface area contributed by atoms with Crippen LogP contribution < -0.4 is 22.1 Å². The molecule has 1 saturated heterocycles. The van der Waals surface area contributed by atoms with Crippen molar-refractivity contribution in [3.63, 3.8) is 0 Å². The second kappa shape index (κ2) is 11.7. The first-order valence-electron chi connectivity index (χ1n) is 11.2. The number of guanidine groups is 1. The predicted octanol–water partition coefficient (Wildman–Crippen LogP) is 1.37. The fourth-order valence-corrected chi connectivity index (χ4v) is 5.11. The maximum atomic E-state index is 12.3. The number of nitrogens with two attached hydrogens (primary N) is 2. The van der Waals surface area contributed by atoms with Crippen molar-refractivity contribution in [3.8, 4) is 0 Å². The molecule has 0 bridgehead atoms. The molecule has 2 rings (SSSR count). The Kier molecular flexibility index (Phi) is 9.65. The van der Waals surface area contributed by atoms with Gasteiger partial charge in [0.05, 0.1) is 18.3 Å². The minimum absolute atomic E-state index is 0.00392. The van der Waals surface area contributed by atoms with Crippen LogP contribution in [0.1, 0.15) is 71.6 Å². The van der Waals surface area contributed by atoms with Crippen LogP contribution in [0.5, 0.6) is 0 Å². The van der Waals surface area contributed by atoms with Crippen LogP contribution in [0.25, 0.3) is 0 Å². The Bertz CT molecular complexity index is 532. The molecule has 2 aliphatic rings. The third-order valence-electron chi connectivity index (χ3n) is 6.49. The summed E-state index contributed by atoms with van der Waals surface area (Å²) in [6.07, 6.45) is 8.02. The van der Waals surface area contributed by atoms with Crippen LogP contribution in [0, 0.1) is 17.8 Å². The molecule has 0 aromatic carbocycles. The fourth-order valence-electron chi connectivity index (χ4n) is 5.11. The van der Waals surface area contributed by atoms with Gasteiger partial charge in [-0.15, -0.1) is 0 Å². The number of hydrogen-bond acceptors (Lipinski definition) is 5. The second-order valence-electron chi connectivity index (χ2n) is 9.21. The van der Waals surface area contributed by atoms with E-state index in [-0.39, 0.29) is 24.1 Å². The molecule has 8 nitrogen and oxygen atoms in total. The van der Waals surface area contributed by atoms with Crippen LogP contribution >= 0.6 is 0 Å². The van der Waals surface area contributed by atoms with Gasteiger partial charge in [0, 0.05) is 0 Å². The summed E-state index contributed by atoms with van der Waals surface area (Å²) in [4.78, 5) is 16.7. The smallest absolute Gasteiger partial charge is 0.321 e. The average Bonchev–Trinajstić information content (AvgIpc) is 2.64. The summed E-state index contributed by atoms with van der Waals surface area (Å²) in [7, 11) is 0. The third kappa shape index (κ3) is 8.10. The van der Waals surface area contributed by atoms with Crippen molar-refractivity contribution in [1.29, 1.82) is 0 Å². The molecule has 0 aromatic rings. The van der Waals surface area contributed by atoms with Gasteiger partial charge in [0.1, 0.15) is 6.04 Å². The number of carbonyl (C=O) groups is 1. The van der Waals surface area contributed by atoms with E-state index in [1.165, 1.54) is 6.42 Å². The normalized spacial score (nSPS) is 27.6. The van der Waals surface area contributed by atoms with Gasteiger partial charge in [-0.25, -0.2) is 0 Å². The average molecular weight is 412 g/mol. The second-order valence-corrected chi connectivity index (χ2v) is 9.21. The van der Waals surface area contributed by atoms with Crippen molar-refractivity contribution in [2.24, 2.45) is 34.2 Å². The van der Waals surface area contributed by atoms with E-state index < -0.39 is 18.1 Å². The molecule has 2 fully saturated rings. The number of rotatable bonds is 10. The SMILES string of the molecule is CC(O)CC(CC(C1CCCCC1)[C@H](NC1CC(C)CCN1)C(=O)O)N=C(N)N. The molecule has 168 valence electrons. The summed E-state index contributed by atoms with van der Waals surface area (Å²) in [5.74, 6) is -0.0227. The van der Waals surface area contributed by atoms with E-state index in [1.807, 2.05) is 0 Å². The summed E-state index contributed by atoms with van der Waals surface area (Å²) >= 11 is 0. The molecule has 0 aromatic heterocycles. The largest absolute Gasteiger partial charge is 0.480 e. The Balaban J connectivity index is 2.22. The number of carboxylic acids is 1. The number of aliphatic imine (C=N–C) groups is 1. The van der Waals surface area contributed by atoms with Gasteiger partial charge in [0.15, 0.2) is 5.96 Å². The lowest BCUT2D eigenvalue weighted by atomic mass is 9.73. The quantitative estimate of drug-likeness (QED) is 0.235. The number of piperidine rings is 1. The molecule has 29 heavy (non-hydrogen) atoms. The van der Waals surface area contributed by atoms with Crippen LogP contribution in [0.2, 0.25) is 0 Å². The Morgan fingerprint density at radius 2 is 1.90 bits per heavy atom. The Labute approximate surface area is 174 Å². The first-order chi connectivity index (χ1) is 13.8. The van der Waals surface area contributed by atoms with Gasteiger partial charge >= 0.3 is 5.97 Å². The van der Waals surface area contributed by atoms with Crippen LogP contribution in [0.15, 0.2) is 4.99 Å². The van der Waals surface area contributed by atoms with Gasteiger partial charge in [0.2, 0.25) is 0 Å². The molecular weight excluding hydrogens is 370 g/mol. The molecule has 8 N–H and O–H groups in total. The Hall–Kier alpha value is -1.38. The van der Waals surface area contributed by atoms with E-state index >= 15 is 0 Å². The lowest BCUT2D eigenvalue weighted by Crippen LogP contribution is -2.57. The zero-order valence-corrected chi connectivity index (χ0v) is 18.0. The topological polar surface area (TPSA) is 146 Å². The summed E-state index contributed by atoms with van der Waals surface area (Å²) < 4.78 is 0. The van der Waals surface area contributed by atoms with E-state index in [2.05, 4.69) is 22.5 Å². The first kappa shape index (κ1) is 23.9. The molecule has 5 unspecified atom stereocenters. The molecule has 6 atom stereocenters. The van der Waals surface area contributed by atoms with Gasteiger partial charge in [-0.1, -0.05) is 39.0 Å². The number of nitrogens with zero attached hydrogens (tertiary/aromatic N) is 1. The molecule has 0 amide bonds. The maximum Gasteiger partial charge on any atom is 0.321 e. The maximum absolute atomic E-state index is 12.3. The van der Waals surface area contributed by atoms with Gasteiger partial charge in [-0.3, -0.25) is 15.1 Å². The Morgan fingerprint density at radius 3 is 2.45 bits per heavy atom. The fraction of sp³-hybridized carbons (Fsp3) is 0.905. The number of aliphatic carboxylic acids is 1. The lowest BCUT2D eigenvalue weighted by molar-refractivity contribution is -0.142. The number of aliphatic hydroxyl groups excluding tert-OH is 1. The highest BCUT2D eigenvalue weighted by Crippen LogP contribution is 2.36. The van der Waals surface area contributed by atoms with Crippen molar-refractivity contribution in [3.05, 3.63) is 0 Å². The Morgan fingerprint density at radius 1 is 1.21 bits per heavy atom. The number of aliphatic hydroxyl groups is 1. The van der Waals surface area contributed by atoms with Gasteiger partial charge < -0.3 is 27.0 Å². The predicted molar refractivity (Wildman–Crippen MR) is 115 cm³/mol. The minimum atomic E-state index is -0.818. The van der Waals surface area contributed by atoms with Crippen LogP contribution in [0.4, 0.5) is 0 Å². The molecule has 1 aliphatic carbocycles. The number of nitrogens with one attached hydrogen (secondary N) is 2. The summed E-state index contributed by atoms with van der Waals surface area (Å²) in [5.41, 5.74) is 11.3. The minimum Gasteiger partial charge on any atom is -0.480 e. The molecule has 1 saturated carbocycles. The van der Waals surface area contributed by atoms with Crippen LogP contribution in [-0.4, -0.2) is 53.0 Å². The molecule has 1 aliphatic heterocycles. The van der Waals surface area contributed by atoms with E-state index in [4.69, 9.17) is 11.5 Å². The van der Waals surface area contributed by atoms with E-state index in [9.17, 15) is 15.0 Å². The standard InChI is InChI=1S/C21H41N5O3/c1-13-8-9-24-18(10-13)26-19(20(28)29)17(15-6-4-3-5-7-15)12-16(11-14(2)27)25-21(22)23/h13-19,24,26-27H,3-12H2,1-2H3,(H,28,29)(H4,22,23,25)/t13?,14?,16?,17?,18?,19-/m0/s1. The third-order valence-corrected chi connectivity index (χ3v) is 6.49. The van der Waals surface area contributed by atoms with Crippen LogP contribution in [-0.2, 0) is 4.79 Å². The monoisotopic (exact) mass is 411 g/mol. The summed E-state index contributed by atoms with van der Waals surface area (Å²) in [5, 5.41) is 26.9. The molecule has 0 radical (unpaired) electrons. The van der Waals surface area contributed by atoms with E-state index in [1.54, 1.807) is 6.92 Å². The zero-order chi connectivity index (χ0) is 21.4. The van der Waals surface area contributed by atoms with Gasteiger partial charge in [-0.2, -0.15) is 0 Å². The van der Waals surface area contributed by atoms with Gasteiger partial charge in [-0.05, 0) is 56.9 Å². The van der Waals surface area contributed by atoms with Crippen molar-refractivity contribution < 1.29 is 15.0 Å². The molecule has 1 heterocycles. The number of hydrogen-bond donors (Lipinski definition) is 6. The van der Waals surface area contributed by atoms with Crippen molar-refractivity contribution in [1.82, 2.24) is 10.6 Å². The molecule has 0 spiro atoms. The summed E-state index contributed by atoms with van der Waals surface area (Å²) in [6.45, 7) is 4.82. The van der Waals surface area contributed by atoms with E-state index in [0.717, 1.165) is 45.1 Å². The zero-order valence-electron chi connectivity index (χ0n) is 18.0. The highest BCUT2D eigenvalue weighted by molar-refractivity contribution is 5.76. The highest BCUT2D eigenvalue weighted by atomic mass is 16.4. The highest BCUT2D eigenvalue weighted by Gasteiger charge is 2.38. The van der Waals surface area contributed by atoms with Crippen molar-refractivity contribution in [2.75, 3.05) is 6.54 Å². The van der Waals surface area contributed by atoms with E-state index in [0.29, 0.717) is 24.7 Å². The first-order valence-corrected chi connectivity index (χ1v) is 11.2. The summed E-state index contributed by atoms with van der Waals surface area (Å²) in [6, 6.07) is -0.944. The lowest BCUT2D eigenvalue weighted by Gasteiger charge is -2.39. The molecule has 8 heteroatoms.